The lowest BCUT2D eigenvalue weighted by molar-refractivity contribution is -0.115. The van der Waals surface area contributed by atoms with E-state index in [9.17, 15) is 9.59 Å². The first-order chi connectivity index (χ1) is 11.7. The fraction of sp³-hybridized carbons (Fsp3) is 0.353. The Hall–Kier alpha value is -3.03. The fourth-order valence-electron chi connectivity index (χ4n) is 1.84. The van der Waals surface area contributed by atoms with E-state index in [1.165, 1.54) is 0 Å². The van der Waals surface area contributed by atoms with Crippen LogP contribution >= 0.6 is 0 Å². The summed E-state index contributed by atoms with van der Waals surface area (Å²) in [4.78, 5) is 23.3. The first-order valence-corrected chi connectivity index (χ1v) is 7.78. The number of hydrogen-bond donors (Lipinski definition) is 3. The van der Waals surface area contributed by atoms with Crippen molar-refractivity contribution in [3.63, 3.8) is 0 Å². The van der Waals surface area contributed by atoms with Crippen LogP contribution in [0.25, 0.3) is 0 Å². The van der Waals surface area contributed by atoms with Gasteiger partial charge in [-0.2, -0.15) is 0 Å². The van der Waals surface area contributed by atoms with Crippen molar-refractivity contribution in [1.82, 2.24) is 15.5 Å². The lowest BCUT2D eigenvalue weighted by Gasteiger charge is -2.19. The van der Waals surface area contributed by atoms with Gasteiger partial charge in [0.1, 0.15) is 17.9 Å². The molecule has 0 aliphatic carbocycles. The molecule has 0 saturated heterocycles. The molecule has 134 valence electrons. The maximum absolute atomic E-state index is 11.8. The zero-order valence-electron chi connectivity index (χ0n) is 14.7. The van der Waals surface area contributed by atoms with Gasteiger partial charge in [0.2, 0.25) is 11.8 Å². The van der Waals surface area contributed by atoms with Crippen molar-refractivity contribution in [2.24, 2.45) is 0 Å². The molecule has 1 aromatic carbocycles. The standard InChI is InChI=1S/C17H22N4O4/c1-11-9-15(21-20-11)24-13-7-5-12(6-8-13)19-14(22)10-18-16(23)25-17(2,3)4/h5-9H,10H2,1-4H3,(H,18,23)(H,19,22)(H,20,21). The van der Waals surface area contributed by atoms with E-state index in [-0.39, 0.29) is 12.5 Å². The minimum Gasteiger partial charge on any atom is -0.444 e. The molecule has 0 bridgehead atoms. The Morgan fingerprint density at radius 2 is 1.88 bits per heavy atom. The summed E-state index contributed by atoms with van der Waals surface area (Å²) in [6, 6.07) is 8.58. The van der Waals surface area contributed by atoms with Crippen molar-refractivity contribution in [3.05, 3.63) is 36.0 Å². The molecule has 0 radical (unpaired) electrons. The molecular weight excluding hydrogens is 324 g/mol. The van der Waals surface area contributed by atoms with E-state index >= 15 is 0 Å². The number of alkyl carbamates (subject to hydrolysis) is 1. The summed E-state index contributed by atoms with van der Waals surface area (Å²) in [5.41, 5.74) is 0.876. The van der Waals surface area contributed by atoms with Crippen LogP contribution in [0.4, 0.5) is 10.5 Å². The van der Waals surface area contributed by atoms with Crippen LogP contribution in [-0.2, 0) is 9.53 Å². The number of nitrogens with zero attached hydrogens (tertiary/aromatic N) is 1. The van der Waals surface area contributed by atoms with Crippen LogP contribution < -0.4 is 15.4 Å². The molecule has 2 rings (SSSR count). The molecule has 3 N–H and O–H groups in total. The van der Waals surface area contributed by atoms with E-state index in [0.29, 0.717) is 17.3 Å². The van der Waals surface area contributed by atoms with E-state index in [1.54, 1.807) is 51.1 Å². The number of aromatic amines is 1. The number of ether oxygens (including phenoxy) is 2. The number of carbonyl (C=O) groups is 2. The monoisotopic (exact) mass is 346 g/mol. The predicted octanol–water partition coefficient (Wildman–Crippen LogP) is 2.97. The Morgan fingerprint density at radius 3 is 2.44 bits per heavy atom. The number of nitrogens with one attached hydrogen (secondary N) is 3. The molecule has 0 unspecified atom stereocenters. The van der Waals surface area contributed by atoms with Gasteiger partial charge in [-0.15, -0.1) is 5.10 Å². The Bertz CT molecular complexity index is 732. The third-order valence-electron chi connectivity index (χ3n) is 2.84. The van der Waals surface area contributed by atoms with E-state index in [2.05, 4.69) is 20.8 Å². The molecule has 2 amide bonds. The molecule has 0 aliphatic heterocycles. The first kappa shape index (κ1) is 18.3. The summed E-state index contributed by atoms with van der Waals surface area (Å²) in [5.74, 6) is 0.703. The van der Waals surface area contributed by atoms with E-state index in [0.717, 1.165) is 5.69 Å². The van der Waals surface area contributed by atoms with Gasteiger partial charge >= 0.3 is 6.09 Å². The number of H-pyrrole nitrogens is 1. The molecule has 0 fully saturated rings. The maximum atomic E-state index is 11.8. The summed E-state index contributed by atoms with van der Waals surface area (Å²) in [6.07, 6.45) is -0.638. The van der Waals surface area contributed by atoms with Crippen molar-refractivity contribution in [1.29, 1.82) is 0 Å². The second-order valence-electron chi connectivity index (χ2n) is 6.42. The van der Waals surface area contributed by atoms with Crippen LogP contribution in [0.15, 0.2) is 30.3 Å². The van der Waals surface area contributed by atoms with Gasteiger partial charge in [-0.05, 0) is 52.0 Å². The van der Waals surface area contributed by atoms with Crippen LogP contribution in [0.2, 0.25) is 0 Å². The molecule has 25 heavy (non-hydrogen) atoms. The minimum absolute atomic E-state index is 0.181. The van der Waals surface area contributed by atoms with Gasteiger partial charge in [-0.25, -0.2) is 4.79 Å². The number of aryl methyl sites for hydroxylation is 1. The zero-order chi connectivity index (χ0) is 18.4. The second-order valence-corrected chi connectivity index (χ2v) is 6.42. The van der Waals surface area contributed by atoms with E-state index in [4.69, 9.17) is 9.47 Å². The highest BCUT2D eigenvalue weighted by Crippen LogP contribution is 2.21. The molecular formula is C17H22N4O4. The van der Waals surface area contributed by atoms with Crippen molar-refractivity contribution in [3.8, 4) is 11.6 Å². The van der Waals surface area contributed by atoms with Crippen molar-refractivity contribution < 1.29 is 19.1 Å². The van der Waals surface area contributed by atoms with Crippen LogP contribution in [0.3, 0.4) is 0 Å². The average Bonchev–Trinajstić information content (AvgIpc) is 2.91. The van der Waals surface area contributed by atoms with Crippen molar-refractivity contribution >= 4 is 17.7 Å². The molecule has 0 atom stereocenters. The number of aromatic nitrogens is 2. The zero-order valence-corrected chi connectivity index (χ0v) is 14.7. The van der Waals surface area contributed by atoms with Gasteiger partial charge in [0.15, 0.2) is 0 Å². The Kier molecular flexibility index (Phi) is 5.63. The number of rotatable bonds is 5. The quantitative estimate of drug-likeness (QED) is 0.772. The lowest BCUT2D eigenvalue weighted by Crippen LogP contribution is -2.37. The van der Waals surface area contributed by atoms with Crippen LogP contribution in [-0.4, -0.2) is 34.3 Å². The molecule has 1 aromatic heterocycles. The van der Waals surface area contributed by atoms with Crippen LogP contribution in [0.5, 0.6) is 11.6 Å². The van der Waals surface area contributed by atoms with Crippen LogP contribution in [0.1, 0.15) is 26.5 Å². The van der Waals surface area contributed by atoms with Crippen molar-refractivity contribution in [2.45, 2.75) is 33.3 Å². The molecule has 0 saturated carbocycles. The van der Waals surface area contributed by atoms with E-state index < -0.39 is 11.7 Å². The molecule has 8 nitrogen and oxygen atoms in total. The predicted molar refractivity (Wildman–Crippen MR) is 92.7 cm³/mol. The number of carbonyl (C=O) groups excluding carboxylic acids is 2. The molecule has 8 heteroatoms. The lowest BCUT2D eigenvalue weighted by atomic mass is 10.2. The summed E-state index contributed by atoms with van der Waals surface area (Å²) < 4.78 is 10.6. The summed E-state index contributed by atoms with van der Waals surface area (Å²) in [5, 5.41) is 11.8. The maximum Gasteiger partial charge on any atom is 0.408 e. The number of anilines is 1. The van der Waals surface area contributed by atoms with E-state index in [1.807, 2.05) is 6.92 Å². The highest BCUT2D eigenvalue weighted by atomic mass is 16.6. The molecule has 2 aromatic rings. The van der Waals surface area contributed by atoms with Gasteiger partial charge in [-0.3, -0.25) is 9.89 Å². The summed E-state index contributed by atoms with van der Waals surface area (Å²) in [7, 11) is 0. The smallest absolute Gasteiger partial charge is 0.408 e. The van der Waals surface area contributed by atoms with Crippen molar-refractivity contribution in [2.75, 3.05) is 11.9 Å². The van der Waals surface area contributed by atoms with Gasteiger partial charge in [-0.1, -0.05) is 0 Å². The molecule has 0 aliphatic rings. The van der Waals surface area contributed by atoms with Gasteiger partial charge in [0, 0.05) is 17.4 Å². The Labute approximate surface area is 145 Å². The number of amides is 2. The van der Waals surface area contributed by atoms with Gasteiger partial charge < -0.3 is 20.1 Å². The average molecular weight is 346 g/mol. The second kappa shape index (κ2) is 7.69. The highest BCUT2D eigenvalue weighted by Gasteiger charge is 2.16. The summed E-state index contributed by atoms with van der Waals surface area (Å²) >= 11 is 0. The third kappa shape index (κ3) is 6.54. The Morgan fingerprint density at radius 1 is 1.20 bits per heavy atom. The third-order valence-corrected chi connectivity index (χ3v) is 2.84. The number of hydrogen-bond acceptors (Lipinski definition) is 5. The minimum atomic E-state index is -0.638. The topological polar surface area (TPSA) is 105 Å². The largest absolute Gasteiger partial charge is 0.444 e. The number of benzene rings is 1. The van der Waals surface area contributed by atoms with Gasteiger partial charge in [0.25, 0.3) is 0 Å². The first-order valence-electron chi connectivity index (χ1n) is 7.78. The SMILES string of the molecule is Cc1cc(Oc2ccc(NC(=O)CNC(=O)OC(C)(C)C)cc2)n[nH]1. The Balaban J connectivity index is 1.80. The highest BCUT2D eigenvalue weighted by molar-refractivity contribution is 5.93. The fourth-order valence-corrected chi connectivity index (χ4v) is 1.84. The normalized spacial score (nSPS) is 10.9. The van der Waals surface area contributed by atoms with Crippen LogP contribution in [0, 0.1) is 6.92 Å². The molecule has 0 spiro atoms. The molecule has 1 heterocycles. The summed E-state index contributed by atoms with van der Waals surface area (Å²) in [6.45, 7) is 6.95. The van der Waals surface area contributed by atoms with Gasteiger partial charge in [0.05, 0.1) is 0 Å².